The lowest BCUT2D eigenvalue weighted by molar-refractivity contribution is 1.29. The first-order valence-electron chi connectivity index (χ1n) is 4.12. The van der Waals surface area contributed by atoms with Crippen LogP contribution in [-0.4, -0.2) is 5.88 Å². The molecule has 0 saturated carbocycles. The summed E-state index contributed by atoms with van der Waals surface area (Å²) in [6.45, 7) is 0. The first kappa shape index (κ1) is 10.4. The van der Waals surface area contributed by atoms with Crippen LogP contribution < -0.4 is 5.73 Å². The van der Waals surface area contributed by atoms with E-state index in [1.165, 1.54) is 0 Å². The first-order valence-corrected chi connectivity index (χ1v) is 4.66. The van der Waals surface area contributed by atoms with Crippen LogP contribution in [0, 0.1) is 23.2 Å². The topological polar surface area (TPSA) is 49.8 Å². The molecule has 3 heteroatoms. The van der Waals surface area contributed by atoms with Crippen LogP contribution in [0.3, 0.4) is 0 Å². The maximum Gasteiger partial charge on any atom is 0.0992 e. The summed E-state index contributed by atoms with van der Waals surface area (Å²) in [4.78, 5) is 0. The van der Waals surface area contributed by atoms with Gasteiger partial charge in [0.15, 0.2) is 0 Å². The number of anilines is 1. The Morgan fingerprint density at radius 2 is 2.21 bits per heavy atom. The number of nitrogens with two attached hydrogens (primary N) is 1. The highest BCUT2D eigenvalue weighted by molar-refractivity contribution is 6.18. The van der Waals surface area contributed by atoms with Crippen LogP contribution in [0.5, 0.6) is 0 Å². The second kappa shape index (κ2) is 5.17. The van der Waals surface area contributed by atoms with Crippen LogP contribution in [0.1, 0.15) is 17.5 Å². The molecule has 0 radical (unpaired) electrons. The third-order valence-electron chi connectivity index (χ3n) is 1.62. The normalized spacial score (nSPS) is 8.57. The fourth-order valence-corrected chi connectivity index (χ4v) is 1.03. The van der Waals surface area contributed by atoms with Crippen molar-refractivity contribution in [2.45, 2.75) is 6.42 Å². The van der Waals surface area contributed by atoms with Gasteiger partial charge in [0.25, 0.3) is 0 Å². The largest absolute Gasteiger partial charge is 0.398 e. The molecule has 0 heterocycles. The van der Waals surface area contributed by atoms with Crippen LogP contribution in [0.4, 0.5) is 5.69 Å². The second-order valence-electron chi connectivity index (χ2n) is 2.65. The summed E-state index contributed by atoms with van der Waals surface area (Å²) in [5.74, 6) is 6.25. The fraction of sp³-hybridized carbons (Fsp3) is 0.182. The second-order valence-corrected chi connectivity index (χ2v) is 3.03. The van der Waals surface area contributed by atoms with E-state index in [1.54, 1.807) is 18.2 Å². The van der Waals surface area contributed by atoms with E-state index in [0.29, 0.717) is 29.1 Å². The van der Waals surface area contributed by atoms with Crippen molar-refractivity contribution >= 4 is 17.3 Å². The van der Waals surface area contributed by atoms with Crippen molar-refractivity contribution in [2.75, 3.05) is 11.6 Å². The Kier molecular flexibility index (Phi) is 3.85. The summed E-state index contributed by atoms with van der Waals surface area (Å²) in [6, 6.07) is 7.07. The summed E-state index contributed by atoms with van der Waals surface area (Å²) in [5.41, 5.74) is 7.52. The number of hydrogen-bond acceptors (Lipinski definition) is 2. The number of nitrogens with zero attached hydrogens (tertiary/aromatic N) is 1. The predicted octanol–water partition coefficient (Wildman–Crippen LogP) is 2.12. The number of nitrogen functional groups attached to an aromatic ring is 1. The molecule has 0 amide bonds. The van der Waals surface area contributed by atoms with E-state index in [4.69, 9.17) is 22.6 Å². The molecular weight excluding hydrogens is 196 g/mol. The number of halogens is 1. The van der Waals surface area contributed by atoms with Gasteiger partial charge in [-0.05, 0) is 18.2 Å². The molecule has 1 rings (SSSR count). The highest BCUT2D eigenvalue weighted by Gasteiger charge is 1.96. The molecule has 2 nitrogen and oxygen atoms in total. The van der Waals surface area contributed by atoms with Crippen LogP contribution >= 0.6 is 11.6 Å². The third kappa shape index (κ3) is 2.69. The zero-order valence-electron chi connectivity index (χ0n) is 7.55. The first-order chi connectivity index (χ1) is 6.77. The van der Waals surface area contributed by atoms with Crippen molar-refractivity contribution in [3.63, 3.8) is 0 Å². The van der Waals surface area contributed by atoms with Gasteiger partial charge in [0.2, 0.25) is 0 Å². The van der Waals surface area contributed by atoms with Gasteiger partial charge in [-0.15, -0.1) is 11.6 Å². The average Bonchev–Trinajstić information content (AvgIpc) is 2.21. The van der Waals surface area contributed by atoms with Gasteiger partial charge in [0.05, 0.1) is 11.6 Å². The molecule has 0 aliphatic carbocycles. The quantitative estimate of drug-likeness (QED) is 0.433. The molecule has 2 N–H and O–H groups in total. The molecular formula is C11H9ClN2. The molecule has 0 aromatic heterocycles. The molecule has 0 saturated heterocycles. The van der Waals surface area contributed by atoms with Gasteiger partial charge in [-0.25, -0.2) is 0 Å². The summed E-state index contributed by atoms with van der Waals surface area (Å²) in [5, 5.41) is 8.66. The van der Waals surface area contributed by atoms with Gasteiger partial charge in [0, 0.05) is 23.6 Å². The fourth-order valence-electron chi connectivity index (χ4n) is 0.939. The van der Waals surface area contributed by atoms with Crippen molar-refractivity contribution in [3.8, 4) is 17.9 Å². The van der Waals surface area contributed by atoms with E-state index in [9.17, 15) is 0 Å². The molecule has 0 spiro atoms. The van der Waals surface area contributed by atoms with Crippen molar-refractivity contribution in [3.05, 3.63) is 29.3 Å². The lowest BCUT2D eigenvalue weighted by Crippen LogP contribution is -1.90. The summed E-state index contributed by atoms with van der Waals surface area (Å²) >= 11 is 5.48. The maximum atomic E-state index is 8.66. The van der Waals surface area contributed by atoms with Crippen molar-refractivity contribution in [2.24, 2.45) is 0 Å². The predicted molar refractivity (Wildman–Crippen MR) is 57.8 cm³/mol. The van der Waals surface area contributed by atoms with Gasteiger partial charge < -0.3 is 5.73 Å². The summed E-state index contributed by atoms with van der Waals surface area (Å²) < 4.78 is 0. The van der Waals surface area contributed by atoms with Gasteiger partial charge >= 0.3 is 0 Å². The molecule has 14 heavy (non-hydrogen) atoms. The Labute approximate surface area is 88.3 Å². The SMILES string of the molecule is N#Cc1ccc(N)c(C#CCCCl)c1. The van der Waals surface area contributed by atoms with Crippen LogP contribution in [0.15, 0.2) is 18.2 Å². The Bertz CT molecular complexity index is 421. The summed E-state index contributed by atoms with van der Waals surface area (Å²) in [6.07, 6.45) is 0.623. The highest BCUT2D eigenvalue weighted by atomic mass is 35.5. The number of hydrogen-bond donors (Lipinski definition) is 1. The monoisotopic (exact) mass is 204 g/mol. The van der Waals surface area contributed by atoms with Gasteiger partial charge in [-0.3, -0.25) is 0 Å². The molecule has 0 fully saturated rings. The third-order valence-corrected chi connectivity index (χ3v) is 1.81. The average molecular weight is 205 g/mol. The van der Waals surface area contributed by atoms with E-state index in [-0.39, 0.29) is 0 Å². The van der Waals surface area contributed by atoms with E-state index in [1.807, 2.05) is 6.07 Å². The minimum atomic E-state index is 0.505. The molecule has 1 aromatic carbocycles. The Balaban J connectivity index is 2.98. The number of benzene rings is 1. The lowest BCUT2D eigenvalue weighted by atomic mass is 10.1. The van der Waals surface area contributed by atoms with E-state index in [2.05, 4.69) is 11.8 Å². The molecule has 70 valence electrons. The molecule has 0 aliphatic heterocycles. The van der Waals surface area contributed by atoms with Gasteiger partial charge in [0.1, 0.15) is 0 Å². The van der Waals surface area contributed by atoms with E-state index < -0.39 is 0 Å². The van der Waals surface area contributed by atoms with Gasteiger partial charge in [-0.1, -0.05) is 11.8 Å². The molecule has 0 unspecified atom stereocenters. The van der Waals surface area contributed by atoms with Gasteiger partial charge in [-0.2, -0.15) is 5.26 Å². The molecule has 0 bridgehead atoms. The van der Waals surface area contributed by atoms with Crippen molar-refractivity contribution in [1.29, 1.82) is 5.26 Å². The summed E-state index contributed by atoms with van der Waals surface area (Å²) in [7, 11) is 0. The molecule has 0 aliphatic rings. The van der Waals surface area contributed by atoms with Crippen molar-refractivity contribution < 1.29 is 0 Å². The van der Waals surface area contributed by atoms with E-state index in [0.717, 1.165) is 0 Å². The number of rotatable bonds is 1. The number of alkyl halides is 1. The zero-order chi connectivity index (χ0) is 10.4. The highest BCUT2D eigenvalue weighted by Crippen LogP contribution is 2.12. The Morgan fingerprint density at radius 3 is 2.86 bits per heavy atom. The van der Waals surface area contributed by atoms with E-state index >= 15 is 0 Å². The minimum absolute atomic E-state index is 0.505. The standard InChI is InChI=1S/C11H9ClN2/c12-6-2-1-3-10-7-9(8-13)4-5-11(10)14/h4-5,7H,2,6,14H2. The number of nitriles is 1. The molecule has 1 aromatic rings. The van der Waals surface area contributed by atoms with Crippen molar-refractivity contribution in [1.82, 2.24) is 0 Å². The maximum absolute atomic E-state index is 8.66. The van der Waals surface area contributed by atoms with Crippen LogP contribution in [0.2, 0.25) is 0 Å². The minimum Gasteiger partial charge on any atom is -0.398 e. The smallest absolute Gasteiger partial charge is 0.0992 e. The lowest BCUT2D eigenvalue weighted by Gasteiger charge is -1.97. The zero-order valence-corrected chi connectivity index (χ0v) is 8.30. The molecule has 0 atom stereocenters. The Morgan fingerprint density at radius 1 is 1.43 bits per heavy atom. The Hall–Kier alpha value is -1.64. The van der Waals surface area contributed by atoms with Crippen LogP contribution in [0.25, 0.3) is 0 Å². The van der Waals surface area contributed by atoms with Crippen LogP contribution in [-0.2, 0) is 0 Å².